The molecule has 0 saturated heterocycles. The third kappa shape index (κ3) is 4.96. The minimum Gasteiger partial charge on any atom is -0.508 e. The van der Waals surface area contributed by atoms with Gasteiger partial charge in [0.25, 0.3) is 0 Å². The summed E-state index contributed by atoms with van der Waals surface area (Å²) in [5, 5.41) is 9.39. The van der Waals surface area contributed by atoms with Crippen molar-refractivity contribution in [3.63, 3.8) is 0 Å². The number of rotatable bonds is 2. The fourth-order valence-corrected chi connectivity index (χ4v) is 4.64. The SMILES string of the molecule is Cc1cc(O)ccc1N1C(=O)c2c[c-]ccc2C1=O.Cc1ccc(N2C(=O)c3c[c-]ccc3C2=O)c(C)c1.[Y]. The van der Waals surface area contributed by atoms with Crippen LogP contribution in [0.15, 0.2) is 72.8 Å². The van der Waals surface area contributed by atoms with Gasteiger partial charge in [-0.2, -0.15) is 48.5 Å². The van der Waals surface area contributed by atoms with Crippen LogP contribution in [0, 0.1) is 32.9 Å². The zero-order valence-electron chi connectivity index (χ0n) is 21.5. The van der Waals surface area contributed by atoms with Gasteiger partial charge in [-0.1, -0.05) is 39.9 Å². The Kier molecular flexibility index (Phi) is 7.95. The molecule has 2 heterocycles. The summed E-state index contributed by atoms with van der Waals surface area (Å²) in [4.78, 5) is 51.6. The largest absolute Gasteiger partial charge is 0.508 e. The van der Waals surface area contributed by atoms with Crippen LogP contribution in [0.3, 0.4) is 0 Å². The van der Waals surface area contributed by atoms with E-state index in [1.807, 2.05) is 32.0 Å². The van der Waals surface area contributed by atoms with Gasteiger partial charge in [-0.25, -0.2) is 0 Å². The van der Waals surface area contributed by atoms with E-state index in [4.69, 9.17) is 0 Å². The number of fused-ring (bicyclic) bond motifs is 2. The molecular formula is C31H22N2O5Y-2. The Morgan fingerprint density at radius 1 is 0.590 bits per heavy atom. The number of amides is 4. The third-order valence-corrected chi connectivity index (χ3v) is 6.48. The molecule has 0 fully saturated rings. The second kappa shape index (κ2) is 11.0. The number of aryl methyl sites for hydroxylation is 3. The summed E-state index contributed by atoms with van der Waals surface area (Å²) in [7, 11) is 0. The molecule has 1 radical (unpaired) electrons. The van der Waals surface area contributed by atoms with E-state index in [9.17, 15) is 24.3 Å². The number of hydrogen-bond donors (Lipinski definition) is 1. The van der Waals surface area contributed by atoms with Crippen molar-refractivity contribution in [3.05, 3.63) is 124 Å². The maximum atomic E-state index is 12.3. The van der Waals surface area contributed by atoms with Crippen LogP contribution in [0.4, 0.5) is 11.4 Å². The third-order valence-electron chi connectivity index (χ3n) is 6.48. The van der Waals surface area contributed by atoms with Gasteiger partial charge in [-0.3, -0.25) is 29.0 Å². The standard InChI is InChI=1S/C16H12NO2.C15H10NO3.Y/c1-10-7-8-14(11(2)9-10)17-15(18)12-5-3-4-6-13(12)16(17)19;1-9-8-10(17)6-7-13(9)16-14(18)11-4-2-3-5-12(11)15(16)19;/h3,5-9H,1-2H3;2,4-8,17H,1H3;/q2*-1;. The quantitative estimate of drug-likeness (QED) is 0.256. The Hall–Kier alpha value is -3.94. The second-order valence-corrected chi connectivity index (χ2v) is 9.10. The van der Waals surface area contributed by atoms with Crippen molar-refractivity contribution in [3.8, 4) is 5.75 Å². The van der Waals surface area contributed by atoms with Crippen LogP contribution >= 0.6 is 0 Å². The molecule has 0 unspecified atom stereocenters. The molecule has 39 heavy (non-hydrogen) atoms. The summed E-state index contributed by atoms with van der Waals surface area (Å²) < 4.78 is 0. The van der Waals surface area contributed by atoms with Gasteiger partial charge in [0.2, 0.25) is 23.6 Å². The number of carbonyl (C=O) groups excluding carboxylic acids is 4. The summed E-state index contributed by atoms with van der Waals surface area (Å²) >= 11 is 0. The van der Waals surface area contributed by atoms with Crippen LogP contribution in [0.2, 0.25) is 0 Å². The topological polar surface area (TPSA) is 95.0 Å². The predicted molar refractivity (Wildman–Crippen MR) is 142 cm³/mol. The van der Waals surface area contributed by atoms with Crippen LogP contribution in [0.5, 0.6) is 5.75 Å². The summed E-state index contributed by atoms with van der Waals surface area (Å²) in [5.41, 5.74) is 5.44. The number of imide groups is 2. The predicted octanol–water partition coefficient (Wildman–Crippen LogP) is 5.20. The van der Waals surface area contributed by atoms with E-state index in [2.05, 4.69) is 12.1 Å². The first-order chi connectivity index (χ1) is 18.2. The van der Waals surface area contributed by atoms with E-state index < -0.39 is 0 Å². The molecule has 4 aromatic rings. The number of carbonyl (C=O) groups is 4. The number of aromatic hydroxyl groups is 1. The Labute approximate surface area is 250 Å². The molecule has 6 rings (SSSR count). The van der Waals surface area contributed by atoms with Crippen molar-refractivity contribution in [2.45, 2.75) is 20.8 Å². The van der Waals surface area contributed by atoms with Gasteiger partial charge in [0.05, 0.1) is 11.4 Å². The van der Waals surface area contributed by atoms with Gasteiger partial charge >= 0.3 is 0 Å². The molecule has 0 aromatic heterocycles. The average molecular weight is 591 g/mol. The number of hydrogen-bond acceptors (Lipinski definition) is 5. The molecule has 4 aromatic carbocycles. The molecule has 2 aliphatic heterocycles. The van der Waals surface area contributed by atoms with Crippen LogP contribution in [0.1, 0.15) is 58.1 Å². The maximum Gasteiger partial charge on any atom is 0.240 e. The number of nitrogens with zero attached hydrogens (tertiary/aromatic N) is 2. The van der Waals surface area contributed by atoms with Crippen molar-refractivity contribution >= 4 is 35.0 Å². The molecular weight excluding hydrogens is 569 g/mol. The van der Waals surface area contributed by atoms with E-state index >= 15 is 0 Å². The molecule has 191 valence electrons. The molecule has 8 heteroatoms. The molecule has 2 aliphatic rings. The van der Waals surface area contributed by atoms with Crippen LogP contribution in [-0.4, -0.2) is 28.7 Å². The second-order valence-electron chi connectivity index (χ2n) is 9.10. The molecule has 0 bridgehead atoms. The van der Waals surface area contributed by atoms with Gasteiger partial charge < -0.3 is 5.11 Å². The number of anilines is 2. The zero-order valence-corrected chi connectivity index (χ0v) is 24.3. The van der Waals surface area contributed by atoms with Crippen molar-refractivity contribution in [2.24, 2.45) is 0 Å². The van der Waals surface area contributed by atoms with Crippen molar-refractivity contribution in [1.82, 2.24) is 0 Å². The van der Waals surface area contributed by atoms with Gasteiger partial charge in [0.15, 0.2) is 0 Å². The van der Waals surface area contributed by atoms with Crippen molar-refractivity contribution < 1.29 is 57.0 Å². The Balaban J connectivity index is 0.000000176. The summed E-state index contributed by atoms with van der Waals surface area (Å²) in [6, 6.07) is 25.4. The van der Waals surface area contributed by atoms with E-state index in [1.54, 1.807) is 43.3 Å². The molecule has 7 nitrogen and oxygen atoms in total. The van der Waals surface area contributed by atoms with E-state index in [-0.39, 0.29) is 62.1 Å². The average Bonchev–Trinajstić information content (AvgIpc) is 3.30. The van der Waals surface area contributed by atoms with Crippen LogP contribution < -0.4 is 9.80 Å². The fraction of sp³-hybridized carbons (Fsp3) is 0.0968. The number of benzene rings is 4. The van der Waals surface area contributed by atoms with Gasteiger partial charge in [-0.05, 0) is 56.2 Å². The molecule has 0 saturated carbocycles. The van der Waals surface area contributed by atoms with Crippen LogP contribution in [0.25, 0.3) is 0 Å². The minimum atomic E-state index is -0.356. The van der Waals surface area contributed by atoms with Crippen molar-refractivity contribution in [1.29, 1.82) is 0 Å². The monoisotopic (exact) mass is 591 g/mol. The first-order valence-corrected chi connectivity index (χ1v) is 11.8. The molecule has 4 amide bonds. The molecule has 0 spiro atoms. The van der Waals surface area contributed by atoms with Gasteiger partial charge in [0.1, 0.15) is 5.75 Å². The Morgan fingerprint density at radius 2 is 1.03 bits per heavy atom. The van der Waals surface area contributed by atoms with Gasteiger partial charge in [0, 0.05) is 32.7 Å². The van der Waals surface area contributed by atoms with E-state index in [1.165, 1.54) is 23.1 Å². The summed E-state index contributed by atoms with van der Waals surface area (Å²) in [5.74, 6) is -1.13. The smallest absolute Gasteiger partial charge is 0.240 e. The Bertz CT molecular complexity index is 1470. The first kappa shape index (κ1) is 28.1. The Morgan fingerprint density at radius 3 is 1.46 bits per heavy atom. The fourth-order valence-electron chi connectivity index (χ4n) is 4.64. The maximum absolute atomic E-state index is 12.3. The van der Waals surface area contributed by atoms with E-state index in [0.29, 0.717) is 39.2 Å². The number of phenols is 1. The molecule has 0 atom stereocenters. The van der Waals surface area contributed by atoms with Gasteiger partial charge in [-0.15, -0.1) is 0 Å². The first-order valence-electron chi connectivity index (χ1n) is 11.8. The number of phenolic OH excluding ortho intramolecular Hbond substituents is 1. The zero-order chi connectivity index (χ0) is 27.1. The normalized spacial score (nSPS) is 13.5. The molecule has 1 N–H and O–H groups in total. The summed E-state index contributed by atoms with van der Waals surface area (Å²) in [6.07, 6.45) is 0. The minimum absolute atomic E-state index is 0. The van der Waals surface area contributed by atoms with E-state index in [0.717, 1.165) is 16.0 Å². The summed E-state index contributed by atoms with van der Waals surface area (Å²) in [6.45, 7) is 5.62. The molecule has 0 aliphatic carbocycles. The van der Waals surface area contributed by atoms with Crippen LogP contribution in [-0.2, 0) is 32.7 Å². The van der Waals surface area contributed by atoms with Crippen molar-refractivity contribution in [2.75, 3.05) is 9.80 Å².